The largest absolute Gasteiger partial charge is 0.494 e. The van der Waals surface area contributed by atoms with Crippen molar-refractivity contribution < 1.29 is 23.8 Å². The Hall–Kier alpha value is -4.13. The van der Waals surface area contributed by atoms with Crippen molar-refractivity contribution in [3.05, 3.63) is 89.5 Å². The van der Waals surface area contributed by atoms with Gasteiger partial charge < -0.3 is 14.2 Å². The van der Waals surface area contributed by atoms with Gasteiger partial charge >= 0.3 is 5.97 Å². The normalized spacial score (nSPS) is 10.9. The van der Waals surface area contributed by atoms with Crippen LogP contribution in [-0.4, -0.2) is 31.3 Å². The monoisotopic (exact) mass is 474 g/mol. The highest BCUT2D eigenvalue weighted by Gasteiger charge is 2.09. The van der Waals surface area contributed by atoms with Crippen molar-refractivity contribution in [3.8, 4) is 17.2 Å². The zero-order chi connectivity index (χ0) is 25.0. The third-order valence-corrected chi connectivity index (χ3v) is 4.97. The van der Waals surface area contributed by atoms with E-state index >= 15 is 0 Å². The molecule has 7 heteroatoms. The molecule has 0 spiro atoms. The van der Waals surface area contributed by atoms with Gasteiger partial charge in [0.25, 0.3) is 5.91 Å². The summed E-state index contributed by atoms with van der Waals surface area (Å²) in [7, 11) is 0. The van der Waals surface area contributed by atoms with Crippen molar-refractivity contribution in [1.82, 2.24) is 5.43 Å². The molecule has 7 nitrogen and oxygen atoms in total. The Kier molecular flexibility index (Phi) is 9.42. The molecular formula is C28H30N2O5. The molecule has 0 atom stereocenters. The van der Waals surface area contributed by atoms with Gasteiger partial charge in [0.05, 0.1) is 18.4 Å². The number of amides is 1. The van der Waals surface area contributed by atoms with Gasteiger partial charge in [-0.1, -0.05) is 32.9 Å². The number of ether oxygens (including phenoxy) is 3. The first-order valence-electron chi connectivity index (χ1n) is 11.5. The van der Waals surface area contributed by atoms with Gasteiger partial charge in [0.2, 0.25) is 0 Å². The van der Waals surface area contributed by atoms with E-state index in [4.69, 9.17) is 14.2 Å². The van der Waals surface area contributed by atoms with Crippen LogP contribution in [0.2, 0.25) is 0 Å². The van der Waals surface area contributed by atoms with Gasteiger partial charge in [0, 0.05) is 0 Å². The van der Waals surface area contributed by atoms with Gasteiger partial charge in [-0.25, -0.2) is 10.2 Å². The molecule has 0 radical (unpaired) electrons. The summed E-state index contributed by atoms with van der Waals surface area (Å²) >= 11 is 0. The molecule has 1 amide bonds. The highest BCUT2D eigenvalue weighted by molar-refractivity contribution is 5.91. The number of hydrazone groups is 1. The fourth-order valence-corrected chi connectivity index (χ4v) is 3.00. The number of nitrogens with zero attached hydrogens (tertiary/aromatic N) is 1. The van der Waals surface area contributed by atoms with Gasteiger partial charge in [-0.3, -0.25) is 4.79 Å². The van der Waals surface area contributed by atoms with Crippen LogP contribution in [0, 0.1) is 0 Å². The highest BCUT2D eigenvalue weighted by Crippen LogP contribution is 2.19. The lowest BCUT2D eigenvalue weighted by Crippen LogP contribution is -2.24. The molecule has 0 heterocycles. The van der Waals surface area contributed by atoms with Crippen LogP contribution < -0.4 is 19.6 Å². The van der Waals surface area contributed by atoms with Crippen LogP contribution in [0.1, 0.15) is 54.6 Å². The molecule has 0 saturated carbocycles. The van der Waals surface area contributed by atoms with Crippen LogP contribution >= 0.6 is 0 Å². The Labute approximate surface area is 205 Å². The standard InChI is InChI=1S/C28H30N2O5/c1-4-17-33-24-15-9-23(10-16-24)28(32)35-26-11-5-21(6-12-26)18-29-30-27(31)19-34-25-13-7-22(8-14-25)20(2)3/h5-16,18,20H,4,17,19H2,1-3H3,(H,30,31)/b29-18+. The summed E-state index contributed by atoms with van der Waals surface area (Å²) in [5.74, 6) is 1.35. The Morgan fingerprint density at radius 3 is 2.09 bits per heavy atom. The van der Waals surface area contributed by atoms with Gasteiger partial charge in [-0.05, 0) is 84.1 Å². The maximum absolute atomic E-state index is 12.3. The van der Waals surface area contributed by atoms with Crippen molar-refractivity contribution >= 4 is 18.1 Å². The van der Waals surface area contributed by atoms with Crippen molar-refractivity contribution in [2.24, 2.45) is 5.10 Å². The van der Waals surface area contributed by atoms with E-state index in [0.29, 0.717) is 35.3 Å². The van der Waals surface area contributed by atoms with Crippen LogP contribution in [0.4, 0.5) is 0 Å². The fourth-order valence-electron chi connectivity index (χ4n) is 3.00. The molecule has 1 N–H and O–H groups in total. The van der Waals surface area contributed by atoms with Crippen molar-refractivity contribution in [3.63, 3.8) is 0 Å². The molecule has 0 aliphatic heterocycles. The lowest BCUT2D eigenvalue weighted by molar-refractivity contribution is -0.123. The lowest BCUT2D eigenvalue weighted by Gasteiger charge is -2.08. The van der Waals surface area contributed by atoms with Gasteiger partial charge in [0.1, 0.15) is 17.2 Å². The van der Waals surface area contributed by atoms with E-state index in [0.717, 1.165) is 12.0 Å². The summed E-state index contributed by atoms with van der Waals surface area (Å²) in [5, 5.41) is 3.93. The number of esters is 1. The smallest absolute Gasteiger partial charge is 0.343 e. The maximum atomic E-state index is 12.3. The second kappa shape index (κ2) is 12.9. The second-order valence-corrected chi connectivity index (χ2v) is 8.14. The molecule has 0 aromatic heterocycles. The van der Waals surface area contributed by atoms with E-state index in [1.807, 2.05) is 31.2 Å². The lowest BCUT2D eigenvalue weighted by atomic mass is 10.0. The molecule has 0 saturated heterocycles. The molecule has 3 aromatic carbocycles. The van der Waals surface area contributed by atoms with E-state index in [1.165, 1.54) is 11.8 Å². The number of nitrogens with one attached hydrogen (secondary N) is 1. The van der Waals surface area contributed by atoms with Crippen LogP contribution in [-0.2, 0) is 4.79 Å². The molecule has 3 rings (SSSR count). The summed E-state index contributed by atoms with van der Waals surface area (Å²) in [6.45, 7) is 6.75. The van der Waals surface area contributed by atoms with Crippen LogP contribution in [0.15, 0.2) is 77.9 Å². The Balaban J connectivity index is 1.43. The van der Waals surface area contributed by atoms with Crippen LogP contribution in [0.5, 0.6) is 17.2 Å². The molecule has 35 heavy (non-hydrogen) atoms. The Morgan fingerprint density at radius 2 is 1.46 bits per heavy atom. The molecule has 0 aliphatic rings. The van der Waals surface area contributed by atoms with E-state index < -0.39 is 5.97 Å². The maximum Gasteiger partial charge on any atom is 0.343 e. The molecule has 3 aromatic rings. The highest BCUT2D eigenvalue weighted by atomic mass is 16.5. The number of hydrogen-bond donors (Lipinski definition) is 1. The van der Waals surface area contributed by atoms with Gasteiger partial charge in [-0.15, -0.1) is 0 Å². The van der Waals surface area contributed by atoms with Crippen molar-refractivity contribution in [2.75, 3.05) is 13.2 Å². The average molecular weight is 475 g/mol. The average Bonchev–Trinajstić information content (AvgIpc) is 2.87. The van der Waals surface area contributed by atoms with Crippen LogP contribution in [0.3, 0.4) is 0 Å². The second-order valence-electron chi connectivity index (χ2n) is 8.14. The predicted octanol–water partition coefficient (Wildman–Crippen LogP) is 5.35. The molecule has 0 fully saturated rings. The minimum absolute atomic E-state index is 0.140. The first-order valence-corrected chi connectivity index (χ1v) is 11.5. The number of benzene rings is 3. The topological polar surface area (TPSA) is 86.2 Å². The summed E-state index contributed by atoms with van der Waals surface area (Å²) < 4.78 is 16.4. The van der Waals surface area contributed by atoms with E-state index in [2.05, 4.69) is 24.4 Å². The zero-order valence-corrected chi connectivity index (χ0v) is 20.2. The molecule has 0 aliphatic carbocycles. The first-order chi connectivity index (χ1) is 16.9. The van der Waals surface area contributed by atoms with Crippen molar-refractivity contribution in [1.29, 1.82) is 0 Å². The first kappa shape index (κ1) is 25.5. The Bertz CT molecular complexity index is 1120. The van der Waals surface area contributed by atoms with Crippen LogP contribution in [0.25, 0.3) is 0 Å². The molecule has 0 unspecified atom stereocenters. The molecule has 0 bridgehead atoms. The number of rotatable bonds is 11. The van der Waals surface area contributed by atoms with E-state index in [1.54, 1.807) is 48.5 Å². The number of carbonyl (C=O) groups excluding carboxylic acids is 2. The molecule has 182 valence electrons. The Morgan fingerprint density at radius 1 is 0.857 bits per heavy atom. The predicted molar refractivity (Wildman–Crippen MR) is 135 cm³/mol. The third kappa shape index (κ3) is 8.30. The minimum atomic E-state index is -0.459. The van der Waals surface area contributed by atoms with Crippen molar-refractivity contribution in [2.45, 2.75) is 33.1 Å². The van der Waals surface area contributed by atoms with E-state index in [9.17, 15) is 9.59 Å². The quantitative estimate of drug-likeness (QED) is 0.175. The third-order valence-electron chi connectivity index (χ3n) is 4.97. The zero-order valence-electron chi connectivity index (χ0n) is 20.2. The van der Waals surface area contributed by atoms with Gasteiger partial charge in [0.15, 0.2) is 6.61 Å². The SMILES string of the molecule is CCCOc1ccc(C(=O)Oc2ccc(/C=N/NC(=O)COc3ccc(C(C)C)cc3)cc2)cc1. The minimum Gasteiger partial charge on any atom is -0.494 e. The fraction of sp³-hybridized carbons (Fsp3) is 0.250. The van der Waals surface area contributed by atoms with E-state index in [-0.39, 0.29) is 12.5 Å². The number of hydrogen-bond acceptors (Lipinski definition) is 6. The summed E-state index contributed by atoms with van der Waals surface area (Å²) in [4.78, 5) is 24.3. The summed E-state index contributed by atoms with van der Waals surface area (Å²) in [6.07, 6.45) is 2.41. The summed E-state index contributed by atoms with van der Waals surface area (Å²) in [6, 6.07) is 21.2. The number of carbonyl (C=O) groups is 2. The molecular weight excluding hydrogens is 444 g/mol. The summed E-state index contributed by atoms with van der Waals surface area (Å²) in [5.41, 5.74) is 4.79. The van der Waals surface area contributed by atoms with Gasteiger partial charge in [-0.2, -0.15) is 5.10 Å².